The van der Waals surface area contributed by atoms with Crippen molar-refractivity contribution in [1.82, 2.24) is 5.43 Å². The summed E-state index contributed by atoms with van der Waals surface area (Å²) >= 11 is 0. The highest BCUT2D eigenvalue weighted by Crippen LogP contribution is 2.58. The van der Waals surface area contributed by atoms with Crippen molar-refractivity contribution >= 4 is 18.1 Å². The minimum absolute atomic E-state index is 0.0404. The lowest BCUT2D eigenvalue weighted by Crippen LogP contribution is -2.48. The molecule has 2 bridgehead atoms. The normalized spacial score (nSPS) is 24.2. The van der Waals surface area contributed by atoms with Gasteiger partial charge in [-0.3, -0.25) is 9.59 Å². The summed E-state index contributed by atoms with van der Waals surface area (Å²) in [4.78, 5) is 22.7. The zero-order valence-electron chi connectivity index (χ0n) is 15.1. The minimum Gasteiger partial charge on any atom is -0.469 e. The highest BCUT2D eigenvalue weighted by atomic mass is 16.5. The van der Waals surface area contributed by atoms with Crippen molar-refractivity contribution in [3.63, 3.8) is 0 Å². The number of amides is 1. The fourth-order valence-electron chi connectivity index (χ4n) is 3.79. The number of hydrogen-bond acceptors (Lipinski definition) is 4. The summed E-state index contributed by atoms with van der Waals surface area (Å²) in [5.41, 5.74) is 4.28. The van der Waals surface area contributed by atoms with E-state index in [9.17, 15) is 9.59 Å². The minimum atomic E-state index is -0.167. The second-order valence-corrected chi connectivity index (χ2v) is 7.53. The van der Waals surface area contributed by atoms with Gasteiger partial charge in [0.15, 0.2) is 0 Å². The lowest BCUT2D eigenvalue weighted by atomic mass is 9.49. The Labute approximate surface area is 144 Å². The summed E-state index contributed by atoms with van der Waals surface area (Å²) in [5, 5.41) is 4.13. The number of fused-ring (bicyclic) bond motifs is 1. The number of unbranched alkanes of at least 4 members (excludes halogenated alkanes) is 3. The van der Waals surface area contributed by atoms with E-state index in [4.69, 9.17) is 0 Å². The number of rotatable bonds is 9. The Balaban J connectivity index is 1.57. The monoisotopic (exact) mass is 334 g/mol. The van der Waals surface area contributed by atoms with E-state index in [1.807, 2.05) is 6.21 Å². The van der Waals surface area contributed by atoms with Gasteiger partial charge in [-0.25, -0.2) is 5.43 Å². The van der Waals surface area contributed by atoms with E-state index in [0.717, 1.165) is 38.0 Å². The van der Waals surface area contributed by atoms with Crippen molar-refractivity contribution in [3.05, 3.63) is 11.6 Å². The Morgan fingerprint density at radius 1 is 1.29 bits per heavy atom. The van der Waals surface area contributed by atoms with Crippen LogP contribution in [-0.4, -0.2) is 25.2 Å². The molecule has 0 aliphatic heterocycles. The van der Waals surface area contributed by atoms with E-state index in [2.05, 4.69) is 35.2 Å². The van der Waals surface area contributed by atoms with E-state index in [-0.39, 0.29) is 11.9 Å². The molecule has 1 fully saturated rings. The first kappa shape index (κ1) is 18.7. The molecule has 0 heterocycles. The van der Waals surface area contributed by atoms with Crippen LogP contribution in [0.2, 0.25) is 0 Å². The molecule has 0 spiro atoms. The van der Waals surface area contributed by atoms with Gasteiger partial charge in [-0.15, -0.1) is 0 Å². The van der Waals surface area contributed by atoms with Gasteiger partial charge in [0.05, 0.1) is 13.3 Å². The Morgan fingerprint density at radius 3 is 2.62 bits per heavy atom. The van der Waals surface area contributed by atoms with Crippen LogP contribution in [-0.2, 0) is 14.3 Å². The van der Waals surface area contributed by atoms with Crippen LogP contribution in [0.15, 0.2) is 16.8 Å². The fourth-order valence-corrected chi connectivity index (χ4v) is 3.79. The molecule has 0 saturated heterocycles. The molecule has 2 atom stereocenters. The van der Waals surface area contributed by atoms with Crippen LogP contribution in [0.5, 0.6) is 0 Å². The molecule has 0 aromatic carbocycles. The SMILES string of the molecule is COC(=O)CCCCCCC(=O)N/N=C/C1=CC[C@H]2C[C@@H]1C2(C)C. The maximum Gasteiger partial charge on any atom is 0.305 e. The first-order chi connectivity index (χ1) is 11.4. The molecular formula is C19H30N2O3. The van der Waals surface area contributed by atoms with Crippen molar-refractivity contribution in [2.45, 2.75) is 65.2 Å². The van der Waals surface area contributed by atoms with Crippen LogP contribution < -0.4 is 5.43 Å². The molecule has 3 aliphatic carbocycles. The van der Waals surface area contributed by atoms with Crippen LogP contribution in [0.25, 0.3) is 0 Å². The van der Waals surface area contributed by atoms with E-state index >= 15 is 0 Å². The van der Waals surface area contributed by atoms with Crippen LogP contribution in [0.4, 0.5) is 0 Å². The van der Waals surface area contributed by atoms with Gasteiger partial charge in [-0.2, -0.15) is 5.10 Å². The molecule has 134 valence electrons. The zero-order chi connectivity index (χ0) is 17.6. The quantitative estimate of drug-likeness (QED) is 0.303. The molecule has 24 heavy (non-hydrogen) atoms. The summed E-state index contributed by atoms with van der Waals surface area (Å²) < 4.78 is 4.59. The summed E-state index contributed by atoms with van der Waals surface area (Å²) in [5.74, 6) is 1.20. The van der Waals surface area contributed by atoms with E-state index < -0.39 is 0 Å². The van der Waals surface area contributed by atoms with Crippen molar-refractivity contribution < 1.29 is 14.3 Å². The first-order valence-electron chi connectivity index (χ1n) is 9.04. The molecule has 3 rings (SSSR count). The molecule has 0 radical (unpaired) electrons. The molecule has 1 saturated carbocycles. The van der Waals surface area contributed by atoms with Gasteiger partial charge in [-0.1, -0.05) is 32.8 Å². The standard InChI is InChI=1S/C19H30N2O3/c1-19(2)15-11-10-14(16(19)12-15)13-20-21-17(22)8-6-4-5-7-9-18(23)24-3/h10,13,15-16H,4-9,11-12H2,1-3H3,(H,21,22)/b20-13+/t15-,16-/m0/s1. The average Bonchev–Trinajstić information content (AvgIpc) is 2.57. The summed E-state index contributed by atoms with van der Waals surface area (Å²) in [6, 6.07) is 0. The number of nitrogens with one attached hydrogen (secondary N) is 1. The third kappa shape index (κ3) is 4.68. The van der Waals surface area contributed by atoms with E-state index in [1.165, 1.54) is 19.1 Å². The van der Waals surface area contributed by atoms with E-state index in [1.54, 1.807) is 0 Å². The third-order valence-electron chi connectivity index (χ3n) is 5.68. The van der Waals surface area contributed by atoms with Crippen molar-refractivity contribution in [1.29, 1.82) is 0 Å². The Bertz CT molecular complexity index is 523. The summed E-state index contributed by atoms with van der Waals surface area (Å²) in [6.07, 6.45) is 10.9. The highest BCUT2D eigenvalue weighted by molar-refractivity contribution is 5.83. The second-order valence-electron chi connectivity index (χ2n) is 7.53. The predicted molar refractivity (Wildman–Crippen MR) is 94.4 cm³/mol. The van der Waals surface area contributed by atoms with Crippen molar-refractivity contribution in [2.75, 3.05) is 7.11 Å². The maximum absolute atomic E-state index is 11.8. The smallest absolute Gasteiger partial charge is 0.305 e. The molecular weight excluding hydrogens is 304 g/mol. The van der Waals surface area contributed by atoms with Crippen LogP contribution in [0, 0.1) is 17.3 Å². The first-order valence-corrected chi connectivity index (χ1v) is 9.04. The number of esters is 1. The van der Waals surface area contributed by atoms with E-state index in [0.29, 0.717) is 24.2 Å². The molecule has 0 aromatic rings. The maximum atomic E-state index is 11.8. The Kier molecular flexibility index (Phi) is 6.58. The van der Waals surface area contributed by atoms with Gasteiger partial charge in [0, 0.05) is 12.8 Å². The molecule has 0 aromatic heterocycles. The summed E-state index contributed by atoms with van der Waals surface area (Å²) in [6.45, 7) is 4.65. The number of hydrazone groups is 1. The van der Waals surface area contributed by atoms with Crippen LogP contribution in [0.1, 0.15) is 65.2 Å². The van der Waals surface area contributed by atoms with Gasteiger partial charge in [0.25, 0.3) is 0 Å². The van der Waals surface area contributed by atoms with Gasteiger partial charge in [-0.05, 0) is 48.5 Å². The summed E-state index contributed by atoms with van der Waals surface area (Å²) in [7, 11) is 1.40. The van der Waals surface area contributed by atoms with Crippen molar-refractivity contribution in [2.24, 2.45) is 22.4 Å². The number of ether oxygens (including phenoxy) is 1. The van der Waals surface area contributed by atoms with Crippen LogP contribution >= 0.6 is 0 Å². The number of hydrogen-bond donors (Lipinski definition) is 1. The topological polar surface area (TPSA) is 67.8 Å². The number of allylic oxidation sites excluding steroid dienone is 2. The Hall–Kier alpha value is -1.65. The number of carbonyl (C=O) groups excluding carboxylic acids is 2. The van der Waals surface area contributed by atoms with Gasteiger partial charge >= 0.3 is 5.97 Å². The zero-order valence-corrected chi connectivity index (χ0v) is 15.1. The molecule has 0 unspecified atom stereocenters. The lowest BCUT2D eigenvalue weighted by molar-refractivity contribution is -0.140. The van der Waals surface area contributed by atoms with Gasteiger partial charge in [0.1, 0.15) is 0 Å². The van der Waals surface area contributed by atoms with Crippen molar-refractivity contribution in [3.8, 4) is 0 Å². The molecule has 1 N–H and O–H groups in total. The number of nitrogens with zero attached hydrogens (tertiary/aromatic N) is 1. The average molecular weight is 334 g/mol. The fraction of sp³-hybridized carbons (Fsp3) is 0.737. The van der Waals surface area contributed by atoms with Crippen LogP contribution in [0.3, 0.4) is 0 Å². The number of methoxy groups -OCH3 is 1. The molecule has 3 aliphatic rings. The lowest BCUT2D eigenvalue weighted by Gasteiger charge is -2.55. The molecule has 1 amide bonds. The molecule has 5 nitrogen and oxygen atoms in total. The molecule has 5 heteroatoms. The van der Waals surface area contributed by atoms with Gasteiger partial charge in [0.2, 0.25) is 5.91 Å². The second kappa shape index (κ2) is 8.45. The number of carbonyl (C=O) groups is 2. The third-order valence-corrected chi connectivity index (χ3v) is 5.68. The predicted octanol–water partition coefficient (Wildman–Crippen LogP) is 3.59. The van der Waals surface area contributed by atoms with Gasteiger partial charge < -0.3 is 4.74 Å². The highest BCUT2D eigenvalue weighted by Gasteiger charge is 2.50. The largest absolute Gasteiger partial charge is 0.469 e. The Morgan fingerprint density at radius 2 is 2.00 bits per heavy atom.